The first-order valence-electron chi connectivity index (χ1n) is 4.28. The molecule has 0 aromatic heterocycles. The highest BCUT2D eigenvalue weighted by Crippen LogP contribution is 2.12. The fraction of sp³-hybridized carbons (Fsp3) is 0.182. The van der Waals surface area contributed by atoms with Crippen molar-refractivity contribution in [3.05, 3.63) is 41.6 Å². The molecule has 2 rings (SSSR count). The lowest BCUT2D eigenvalue weighted by Gasteiger charge is -1.93. The zero-order valence-corrected chi connectivity index (χ0v) is 7.53. The standard InChI is InChI=1S/C11H11NO/c1-9-12-11(8-13-9)7-10-5-3-2-4-6-10/h2-7H,8H2,1H3. The second-order valence-electron chi connectivity index (χ2n) is 2.97. The van der Waals surface area contributed by atoms with Crippen molar-refractivity contribution >= 4 is 12.0 Å². The normalized spacial score (nSPS) is 18.5. The Hall–Kier alpha value is -1.57. The summed E-state index contributed by atoms with van der Waals surface area (Å²) < 4.78 is 5.22. The van der Waals surface area contributed by atoms with Gasteiger partial charge < -0.3 is 4.74 Å². The highest BCUT2D eigenvalue weighted by molar-refractivity contribution is 5.78. The molecule has 1 aliphatic rings. The molecule has 0 unspecified atom stereocenters. The maximum atomic E-state index is 5.22. The quantitative estimate of drug-likeness (QED) is 0.639. The molecular formula is C11H11NO. The van der Waals surface area contributed by atoms with Crippen LogP contribution in [0.5, 0.6) is 0 Å². The van der Waals surface area contributed by atoms with E-state index in [-0.39, 0.29) is 0 Å². The molecule has 1 aromatic rings. The van der Waals surface area contributed by atoms with E-state index in [2.05, 4.69) is 17.1 Å². The first-order valence-corrected chi connectivity index (χ1v) is 4.28. The summed E-state index contributed by atoms with van der Waals surface area (Å²) in [5, 5.41) is 0. The Morgan fingerprint density at radius 2 is 2.08 bits per heavy atom. The predicted molar refractivity (Wildman–Crippen MR) is 53.5 cm³/mol. The van der Waals surface area contributed by atoms with Gasteiger partial charge in [0.05, 0.1) is 5.70 Å². The van der Waals surface area contributed by atoms with E-state index < -0.39 is 0 Å². The van der Waals surface area contributed by atoms with Gasteiger partial charge in [0, 0.05) is 6.92 Å². The number of benzene rings is 1. The van der Waals surface area contributed by atoms with Crippen molar-refractivity contribution < 1.29 is 4.74 Å². The average molecular weight is 173 g/mol. The van der Waals surface area contributed by atoms with Crippen molar-refractivity contribution in [2.24, 2.45) is 4.99 Å². The molecule has 1 aromatic carbocycles. The number of nitrogens with zero attached hydrogens (tertiary/aromatic N) is 1. The minimum absolute atomic E-state index is 0.598. The first kappa shape index (κ1) is 8.05. The Morgan fingerprint density at radius 1 is 1.31 bits per heavy atom. The summed E-state index contributed by atoms with van der Waals surface area (Å²) in [7, 11) is 0. The predicted octanol–water partition coefficient (Wildman–Crippen LogP) is 2.48. The first-order chi connectivity index (χ1) is 6.34. The van der Waals surface area contributed by atoms with E-state index in [0.717, 1.165) is 11.6 Å². The summed E-state index contributed by atoms with van der Waals surface area (Å²) in [4.78, 5) is 4.24. The molecule has 13 heavy (non-hydrogen) atoms. The average Bonchev–Trinajstić information content (AvgIpc) is 2.53. The van der Waals surface area contributed by atoms with Crippen LogP contribution in [0.2, 0.25) is 0 Å². The van der Waals surface area contributed by atoms with Gasteiger partial charge in [0.1, 0.15) is 6.61 Å². The number of ether oxygens (including phenoxy) is 1. The van der Waals surface area contributed by atoms with Crippen LogP contribution in [0.25, 0.3) is 6.08 Å². The van der Waals surface area contributed by atoms with Gasteiger partial charge in [-0.05, 0) is 11.6 Å². The van der Waals surface area contributed by atoms with E-state index >= 15 is 0 Å². The minimum atomic E-state index is 0.598. The SMILES string of the molecule is CC1=NC(=Cc2ccccc2)CO1. The molecule has 1 aliphatic heterocycles. The highest BCUT2D eigenvalue weighted by atomic mass is 16.5. The Labute approximate surface area is 77.6 Å². The van der Waals surface area contributed by atoms with Crippen molar-refractivity contribution in [1.29, 1.82) is 0 Å². The van der Waals surface area contributed by atoms with Gasteiger partial charge in [-0.3, -0.25) is 0 Å². The second-order valence-corrected chi connectivity index (χ2v) is 2.97. The topological polar surface area (TPSA) is 21.6 Å². The van der Waals surface area contributed by atoms with E-state index in [1.165, 1.54) is 5.56 Å². The number of rotatable bonds is 1. The van der Waals surface area contributed by atoms with Crippen LogP contribution >= 0.6 is 0 Å². The molecule has 0 atom stereocenters. The highest BCUT2D eigenvalue weighted by Gasteiger charge is 2.06. The van der Waals surface area contributed by atoms with Crippen molar-refractivity contribution in [1.82, 2.24) is 0 Å². The Kier molecular flexibility index (Phi) is 2.13. The Bertz CT molecular complexity index is 352. The molecule has 0 spiro atoms. The fourth-order valence-electron chi connectivity index (χ4n) is 1.26. The monoisotopic (exact) mass is 173 g/mol. The molecule has 0 N–H and O–H groups in total. The van der Waals surface area contributed by atoms with Crippen LogP contribution < -0.4 is 0 Å². The summed E-state index contributed by atoms with van der Waals surface area (Å²) >= 11 is 0. The van der Waals surface area contributed by atoms with Gasteiger partial charge in [-0.2, -0.15) is 0 Å². The Balaban J connectivity index is 2.22. The summed E-state index contributed by atoms with van der Waals surface area (Å²) in [6.45, 7) is 2.46. The summed E-state index contributed by atoms with van der Waals surface area (Å²) in [5.74, 6) is 0.752. The van der Waals surface area contributed by atoms with Crippen molar-refractivity contribution in [2.75, 3.05) is 6.61 Å². The van der Waals surface area contributed by atoms with Crippen LogP contribution in [0.15, 0.2) is 41.0 Å². The molecule has 0 saturated carbocycles. The molecule has 0 radical (unpaired) electrons. The molecule has 0 aliphatic carbocycles. The maximum Gasteiger partial charge on any atom is 0.185 e. The third-order valence-electron chi connectivity index (χ3n) is 1.86. The van der Waals surface area contributed by atoms with Crippen LogP contribution in [0.4, 0.5) is 0 Å². The molecule has 2 nitrogen and oxygen atoms in total. The molecular weight excluding hydrogens is 162 g/mol. The number of hydrogen-bond donors (Lipinski definition) is 0. The van der Waals surface area contributed by atoms with Crippen LogP contribution in [0.1, 0.15) is 12.5 Å². The lowest BCUT2D eigenvalue weighted by molar-refractivity contribution is 0.361. The van der Waals surface area contributed by atoms with E-state index in [4.69, 9.17) is 4.74 Å². The summed E-state index contributed by atoms with van der Waals surface area (Å²) in [6, 6.07) is 10.1. The lowest BCUT2D eigenvalue weighted by atomic mass is 10.2. The van der Waals surface area contributed by atoms with Gasteiger partial charge in [0.2, 0.25) is 0 Å². The smallest absolute Gasteiger partial charge is 0.185 e. The second kappa shape index (κ2) is 3.44. The van der Waals surface area contributed by atoms with Crippen molar-refractivity contribution in [3.8, 4) is 0 Å². The van der Waals surface area contributed by atoms with Gasteiger partial charge in [-0.1, -0.05) is 30.3 Å². The third-order valence-corrected chi connectivity index (χ3v) is 1.86. The number of aliphatic imine (C=N–C) groups is 1. The van der Waals surface area contributed by atoms with E-state index in [1.807, 2.05) is 31.2 Å². The van der Waals surface area contributed by atoms with Crippen molar-refractivity contribution in [3.63, 3.8) is 0 Å². The largest absolute Gasteiger partial charge is 0.474 e. The van der Waals surface area contributed by atoms with Gasteiger partial charge in [-0.25, -0.2) is 4.99 Å². The molecule has 0 bridgehead atoms. The third kappa shape index (κ3) is 1.96. The number of hydrogen-bond acceptors (Lipinski definition) is 2. The van der Waals surface area contributed by atoms with Gasteiger partial charge in [0.15, 0.2) is 5.90 Å². The van der Waals surface area contributed by atoms with Gasteiger partial charge in [-0.15, -0.1) is 0 Å². The lowest BCUT2D eigenvalue weighted by Crippen LogP contribution is -1.89. The molecule has 0 saturated heterocycles. The van der Waals surface area contributed by atoms with E-state index in [9.17, 15) is 0 Å². The van der Waals surface area contributed by atoms with Crippen LogP contribution in [0, 0.1) is 0 Å². The van der Waals surface area contributed by atoms with Crippen LogP contribution in [0.3, 0.4) is 0 Å². The van der Waals surface area contributed by atoms with Crippen LogP contribution in [-0.2, 0) is 4.74 Å². The summed E-state index contributed by atoms with van der Waals surface area (Å²) in [5.41, 5.74) is 2.16. The maximum absolute atomic E-state index is 5.22. The van der Waals surface area contributed by atoms with Gasteiger partial charge >= 0.3 is 0 Å². The van der Waals surface area contributed by atoms with E-state index in [1.54, 1.807) is 0 Å². The fourth-order valence-corrected chi connectivity index (χ4v) is 1.26. The molecule has 0 amide bonds. The molecule has 1 heterocycles. The molecule has 66 valence electrons. The van der Waals surface area contributed by atoms with E-state index in [0.29, 0.717) is 6.61 Å². The zero-order valence-electron chi connectivity index (χ0n) is 7.53. The van der Waals surface area contributed by atoms with Crippen molar-refractivity contribution in [2.45, 2.75) is 6.92 Å². The zero-order chi connectivity index (χ0) is 9.10. The molecule has 2 heteroatoms. The Morgan fingerprint density at radius 3 is 2.69 bits per heavy atom. The van der Waals surface area contributed by atoms with Crippen LogP contribution in [-0.4, -0.2) is 12.5 Å². The summed E-state index contributed by atoms with van der Waals surface area (Å²) in [6.07, 6.45) is 2.04. The molecule has 0 fully saturated rings. The minimum Gasteiger partial charge on any atom is -0.474 e. The van der Waals surface area contributed by atoms with Gasteiger partial charge in [0.25, 0.3) is 0 Å².